The number of rotatable bonds is 6. The molecule has 1 atom stereocenters. The number of amides is 2. The number of nitrogens with one attached hydrogen (secondary N) is 1. The van der Waals surface area contributed by atoms with Crippen LogP contribution in [-0.4, -0.2) is 48.6 Å². The number of nitrogens with zero attached hydrogens (tertiary/aromatic N) is 1. The molecule has 0 spiro atoms. The van der Waals surface area contributed by atoms with Crippen molar-refractivity contribution in [1.29, 1.82) is 0 Å². The summed E-state index contributed by atoms with van der Waals surface area (Å²) in [5, 5.41) is 2.77. The van der Waals surface area contributed by atoms with Gasteiger partial charge in [-0.05, 0) is 19.4 Å². The average molecular weight is 290 g/mol. The van der Waals surface area contributed by atoms with Gasteiger partial charge in [-0.15, -0.1) is 0 Å². The van der Waals surface area contributed by atoms with Crippen LogP contribution in [-0.2, 0) is 20.7 Å². The van der Waals surface area contributed by atoms with Crippen molar-refractivity contribution in [3.8, 4) is 0 Å². The largest absolute Gasteiger partial charge is 0.377 e. The van der Waals surface area contributed by atoms with Gasteiger partial charge in [-0.2, -0.15) is 0 Å². The monoisotopic (exact) mass is 290 g/mol. The SMILES string of the molecule is CC(C)OCCN1CC(=O)NC(Cc2ccccc2)C1=O. The smallest absolute Gasteiger partial charge is 0.246 e. The zero-order valence-corrected chi connectivity index (χ0v) is 12.5. The first-order valence-corrected chi connectivity index (χ1v) is 7.30. The molecular formula is C16H22N2O3. The molecule has 0 radical (unpaired) electrons. The van der Waals surface area contributed by atoms with E-state index < -0.39 is 6.04 Å². The van der Waals surface area contributed by atoms with E-state index in [9.17, 15) is 9.59 Å². The third kappa shape index (κ3) is 4.56. The van der Waals surface area contributed by atoms with E-state index in [0.29, 0.717) is 19.6 Å². The van der Waals surface area contributed by atoms with Crippen LogP contribution in [0.5, 0.6) is 0 Å². The second-order valence-corrected chi connectivity index (χ2v) is 5.49. The predicted molar refractivity (Wildman–Crippen MR) is 79.7 cm³/mol. The fourth-order valence-corrected chi connectivity index (χ4v) is 2.35. The third-order valence-electron chi connectivity index (χ3n) is 3.37. The molecule has 1 fully saturated rings. The number of hydrogen-bond donors (Lipinski definition) is 1. The van der Waals surface area contributed by atoms with Gasteiger partial charge in [0.1, 0.15) is 6.04 Å². The van der Waals surface area contributed by atoms with Crippen LogP contribution in [0.15, 0.2) is 30.3 Å². The van der Waals surface area contributed by atoms with Gasteiger partial charge in [0.05, 0.1) is 19.3 Å². The molecule has 0 aliphatic carbocycles. The van der Waals surface area contributed by atoms with Crippen LogP contribution in [0.25, 0.3) is 0 Å². The Hall–Kier alpha value is -1.88. The van der Waals surface area contributed by atoms with Crippen molar-refractivity contribution in [3.05, 3.63) is 35.9 Å². The van der Waals surface area contributed by atoms with Crippen LogP contribution in [0.3, 0.4) is 0 Å². The van der Waals surface area contributed by atoms with Crippen LogP contribution in [0.2, 0.25) is 0 Å². The molecule has 1 N–H and O–H groups in total. The number of hydrogen-bond acceptors (Lipinski definition) is 3. The molecule has 2 amide bonds. The van der Waals surface area contributed by atoms with Gasteiger partial charge in [-0.1, -0.05) is 30.3 Å². The number of carbonyl (C=O) groups is 2. The normalized spacial score (nSPS) is 19.0. The Kier molecular flexibility index (Phi) is 5.33. The Balaban J connectivity index is 1.95. The minimum Gasteiger partial charge on any atom is -0.377 e. The van der Waals surface area contributed by atoms with Gasteiger partial charge >= 0.3 is 0 Å². The average Bonchev–Trinajstić information content (AvgIpc) is 2.44. The van der Waals surface area contributed by atoms with Crippen molar-refractivity contribution < 1.29 is 14.3 Å². The molecule has 0 bridgehead atoms. The number of ether oxygens (including phenoxy) is 1. The second kappa shape index (κ2) is 7.22. The molecular weight excluding hydrogens is 268 g/mol. The molecule has 1 heterocycles. The summed E-state index contributed by atoms with van der Waals surface area (Å²) in [6, 6.07) is 9.23. The van der Waals surface area contributed by atoms with E-state index in [4.69, 9.17) is 4.74 Å². The molecule has 0 aromatic heterocycles. The van der Waals surface area contributed by atoms with Crippen molar-refractivity contribution in [2.75, 3.05) is 19.7 Å². The van der Waals surface area contributed by atoms with Gasteiger partial charge in [0.2, 0.25) is 11.8 Å². The summed E-state index contributed by atoms with van der Waals surface area (Å²) < 4.78 is 5.46. The van der Waals surface area contributed by atoms with Gasteiger partial charge < -0.3 is 15.0 Å². The predicted octanol–water partition coefficient (Wildman–Crippen LogP) is 0.981. The highest BCUT2D eigenvalue weighted by atomic mass is 16.5. The topological polar surface area (TPSA) is 58.6 Å². The van der Waals surface area contributed by atoms with Gasteiger partial charge in [0.25, 0.3) is 0 Å². The number of benzene rings is 1. The van der Waals surface area contributed by atoms with E-state index in [2.05, 4.69) is 5.32 Å². The molecule has 1 saturated heterocycles. The Morgan fingerprint density at radius 1 is 1.29 bits per heavy atom. The van der Waals surface area contributed by atoms with Crippen LogP contribution >= 0.6 is 0 Å². The van der Waals surface area contributed by atoms with Crippen LogP contribution in [0, 0.1) is 0 Å². The second-order valence-electron chi connectivity index (χ2n) is 5.49. The van der Waals surface area contributed by atoms with E-state index in [1.807, 2.05) is 44.2 Å². The lowest BCUT2D eigenvalue weighted by atomic mass is 10.0. The summed E-state index contributed by atoms with van der Waals surface area (Å²) in [5.41, 5.74) is 1.04. The maximum absolute atomic E-state index is 12.4. The standard InChI is InChI=1S/C16H22N2O3/c1-12(2)21-9-8-18-11-15(19)17-14(16(18)20)10-13-6-4-3-5-7-13/h3-7,12,14H,8-11H2,1-2H3,(H,17,19). The highest BCUT2D eigenvalue weighted by Crippen LogP contribution is 2.09. The summed E-state index contributed by atoms with van der Waals surface area (Å²) >= 11 is 0. The first-order valence-electron chi connectivity index (χ1n) is 7.30. The molecule has 5 nitrogen and oxygen atoms in total. The minimum atomic E-state index is -0.479. The van der Waals surface area contributed by atoms with Crippen LogP contribution in [0.4, 0.5) is 0 Å². The minimum absolute atomic E-state index is 0.0363. The summed E-state index contributed by atoms with van der Waals surface area (Å²) in [6.07, 6.45) is 0.645. The Bertz CT molecular complexity index is 488. The lowest BCUT2D eigenvalue weighted by molar-refractivity contribution is -0.145. The van der Waals surface area contributed by atoms with E-state index in [1.54, 1.807) is 4.90 Å². The molecule has 1 aliphatic heterocycles. The number of piperazine rings is 1. The molecule has 0 saturated carbocycles. The zero-order chi connectivity index (χ0) is 15.2. The highest BCUT2D eigenvalue weighted by molar-refractivity contribution is 5.95. The fourth-order valence-electron chi connectivity index (χ4n) is 2.35. The van der Waals surface area contributed by atoms with Crippen molar-refractivity contribution in [2.45, 2.75) is 32.4 Å². The van der Waals surface area contributed by atoms with Gasteiger partial charge in [-0.25, -0.2) is 0 Å². The maximum atomic E-state index is 12.4. The van der Waals surface area contributed by atoms with Crippen molar-refractivity contribution in [3.63, 3.8) is 0 Å². The summed E-state index contributed by atoms with van der Waals surface area (Å²) in [4.78, 5) is 25.8. The third-order valence-corrected chi connectivity index (χ3v) is 3.37. The van der Waals surface area contributed by atoms with Gasteiger partial charge in [0, 0.05) is 13.0 Å². The molecule has 1 unspecified atom stereocenters. The van der Waals surface area contributed by atoms with E-state index in [0.717, 1.165) is 5.56 Å². The summed E-state index contributed by atoms with van der Waals surface area (Å²) in [5.74, 6) is -0.147. The lowest BCUT2D eigenvalue weighted by Gasteiger charge is -2.32. The molecule has 21 heavy (non-hydrogen) atoms. The van der Waals surface area contributed by atoms with Crippen molar-refractivity contribution >= 4 is 11.8 Å². The molecule has 114 valence electrons. The van der Waals surface area contributed by atoms with Gasteiger partial charge in [0.15, 0.2) is 0 Å². The van der Waals surface area contributed by atoms with Crippen LogP contribution in [0.1, 0.15) is 19.4 Å². The Labute approximate surface area is 125 Å². The summed E-state index contributed by atoms with van der Waals surface area (Å²) in [6.45, 7) is 4.92. The Morgan fingerprint density at radius 3 is 2.67 bits per heavy atom. The first-order chi connectivity index (χ1) is 10.1. The first kappa shape index (κ1) is 15.5. The van der Waals surface area contributed by atoms with E-state index >= 15 is 0 Å². The lowest BCUT2D eigenvalue weighted by Crippen LogP contribution is -2.59. The van der Waals surface area contributed by atoms with Crippen molar-refractivity contribution in [2.24, 2.45) is 0 Å². The Morgan fingerprint density at radius 2 is 2.00 bits per heavy atom. The molecule has 2 rings (SSSR count). The zero-order valence-electron chi connectivity index (χ0n) is 12.5. The molecule has 1 aliphatic rings. The van der Waals surface area contributed by atoms with E-state index in [1.165, 1.54) is 0 Å². The van der Waals surface area contributed by atoms with Gasteiger partial charge in [-0.3, -0.25) is 9.59 Å². The molecule has 1 aromatic rings. The maximum Gasteiger partial charge on any atom is 0.246 e. The van der Waals surface area contributed by atoms with Crippen molar-refractivity contribution in [1.82, 2.24) is 10.2 Å². The highest BCUT2D eigenvalue weighted by Gasteiger charge is 2.32. The van der Waals surface area contributed by atoms with Crippen LogP contribution < -0.4 is 5.32 Å². The van der Waals surface area contributed by atoms with E-state index in [-0.39, 0.29) is 24.5 Å². The quantitative estimate of drug-likeness (QED) is 0.849. The summed E-state index contributed by atoms with van der Waals surface area (Å²) in [7, 11) is 0. The fraction of sp³-hybridized carbons (Fsp3) is 0.500. The molecule has 5 heteroatoms. The number of carbonyl (C=O) groups excluding carboxylic acids is 2. The molecule has 1 aromatic carbocycles.